The molecule has 10 heteroatoms. The summed E-state index contributed by atoms with van der Waals surface area (Å²) in [7, 11) is 0. The lowest BCUT2D eigenvalue weighted by molar-refractivity contribution is 0.0684. The largest absolute Gasteiger partial charge is 0.478 e. The maximum absolute atomic E-state index is 11.5. The third kappa shape index (κ3) is 9.30. The molecule has 2 fully saturated rings. The number of pyridine rings is 2. The molecule has 0 bridgehead atoms. The summed E-state index contributed by atoms with van der Waals surface area (Å²) < 4.78 is 0. The Bertz CT molecular complexity index is 2490. The van der Waals surface area contributed by atoms with Crippen LogP contribution in [0.5, 0.6) is 0 Å². The molecule has 6 heterocycles. The molecule has 2 aromatic heterocycles. The normalized spacial score (nSPS) is 17.5. The van der Waals surface area contributed by atoms with Crippen molar-refractivity contribution in [2.45, 2.75) is 90.4 Å². The molecule has 10 rings (SSSR count). The van der Waals surface area contributed by atoms with Gasteiger partial charge in [0.15, 0.2) is 0 Å². The lowest BCUT2D eigenvalue weighted by atomic mass is 9.93. The van der Waals surface area contributed by atoms with Gasteiger partial charge in [-0.05, 0) is 181 Å². The minimum atomic E-state index is -0.891. The van der Waals surface area contributed by atoms with Crippen LogP contribution in [-0.2, 0) is 25.9 Å². The number of nitrogens with zero attached hydrogens (tertiary/aromatic N) is 4. The number of anilines is 2. The number of rotatable bonds is 12. The molecule has 64 heavy (non-hydrogen) atoms. The lowest BCUT2D eigenvalue weighted by Gasteiger charge is -2.19. The van der Waals surface area contributed by atoms with Gasteiger partial charge in [-0.2, -0.15) is 0 Å². The van der Waals surface area contributed by atoms with Crippen molar-refractivity contribution in [2.75, 3.05) is 36.0 Å². The van der Waals surface area contributed by atoms with Gasteiger partial charge in [0.1, 0.15) is 0 Å². The zero-order valence-electron chi connectivity index (χ0n) is 36.9. The first-order valence-corrected chi connectivity index (χ1v) is 23.0. The number of hydrogen-bond donors (Lipinski definition) is 4. The summed E-state index contributed by atoms with van der Waals surface area (Å²) in [5.41, 5.74) is 18.0. The monoisotopic (exact) mass is 854 g/mol. The predicted octanol–water partition coefficient (Wildman–Crippen LogP) is 10.3. The second-order valence-corrected chi connectivity index (χ2v) is 17.8. The molecule has 0 unspecified atom stereocenters. The highest BCUT2D eigenvalue weighted by atomic mass is 16.4. The van der Waals surface area contributed by atoms with Crippen LogP contribution in [0.3, 0.4) is 0 Å². The van der Waals surface area contributed by atoms with E-state index < -0.39 is 11.9 Å². The van der Waals surface area contributed by atoms with Crippen molar-refractivity contribution in [3.8, 4) is 22.3 Å². The van der Waals surface area contributed by atoms with Gasteiger partial charge in [0.25, 0.3) is 0 Å². The molecule has 4 aliphatic heterocycles. The van der Waals surface area contributed by atoms with Crippen molar-refractivity contribution in [1.82, 2.24) is 20.6 Å². The van der Waals surface area contributed by atoms with E-state index in [1.165, 1.54) is 105 Å². The number of carboxylic acids is 2. The average molecular weight is 855 g/mol. The van der Waals surface area contributed by atoms with Gasteiger partial charge in [0, 0.05) is 87.5 Å². The first-order chi connectivity index (χ1) is 31.2. The number of aromatic nitrogens is 2. The molecule has 2 atom stereocenters. The van der Waals surface area contributed by atoms with Gasteiger partial charge in [-0.15, -0.1) is 0 Å². The molecule has 0 spiro atoms. The highest BCUT2D eigenvalue weighted by Gasteiger charge is 2.25. The van der Waals surface area contributed by atoms with Crippen molar-refractivity contribution in [1.29, 1.82) is 0 Å². The van der Waals surface area contributed by atoms with Crippen LogP contribution >= 0.6 is 0 Å². The minimum absolute atomic E-state index is 0.236. The standard InChI is InChI=1S/2C27H29N3O2/c2*1-18-14-22(30-12-2-3-13-30)6-8-23(18)19-4-7-24-21(15-19)17-29-26(24)9-5-20-16-28-11-10-25(20)27(31)32/h2*4,6-8,10-11,14-16,26,29H,2-3,5,9,12-13,17H2,1H3,(H,31,32)/t2*26-/m10/s1. The number of aromatic carboxylic acids is 2. The summed E-state index contributed by atoms with van der Waals surface area (Å²) >= 11 is 0. The van der Waals surface area contributed by atoms with Gasteiger partial charge in [0.2, 0.25) is 0 Å². The fraction of sp³-hybridized carbons (Fsp3) is 0.333. The lowest BCUT2D eigenvalue weighted by Crippen LogP contribution is -2.17. The topological polar surface area (TPSA) is 131 Å². The van der Waals surface area contributed by atoms with Crippen molar-refractivity contribution in [3.63, 3.8) is 0 Å². The number of benzene rings is 4. The molecule has 4 aliphatic rings. The molecule has 328 valence electrons. The maximum atomic E-state index is 11.5. The molecule has 0 radical (unpaired) electrons. The Morgan fingerprint density at radius 3 is 1.39 bits per heavy atom. The highest BCUT2D eigenvalue weighted by Crippen LogP contribution is 2.37. The van der Waals surface area contributed by atoms with E-state index in [1.807, 2.05) is 0 Å². The number of aryl methyl sites for hydroxylation is 4. The summed E-state index contributed by atoms with van der Waals surface area (Å²) in [6.07, 6.45) is 14.7. The van der Waals surface area contributed by atoms with E-state index in [-0.39, 0.29) is 12.1 Å². The van der Waals surface area contributed by atoms with Crippen LogP contribution in [0.2, 0.25) is 0 Å². The molecule has 2 saturated heterocycles. The Kier molecular flexibility index (Phi) is 12.9. The smallest absolute Gasteiger partial charge is 0.336 e. The van der Waals surface area contributed by atoms with Crippen LogP contribution in [0.1, 0.15) is 116 Å². The van der Waals surface area contributed by atoms with E-state index >= 15 is 0 Å². The second-order valence-electron chi connectivity index (χ2n) is 17.8. The zero-order chi connectivity index (χ0) is 44.2. The third-order valence-corrected chi connectivity index (χ3v) is 13.8. The van der Waals surface area contributed by atoms with Crippen molar-refractivity contribution in [3.05, 3.63) is 165 Å². The van der Waals surface area contributed by atoms with Gasteiger partial charge in [-0.3, -0.25) is 9.97 Å². The van der Waals surface area contributed by atoms with Crippen molar-refractivity contribution < 1.29 is 19.8 Å². The van der Waals surface area contributed by atoms with Gasteiger partial charge >= 0.3 is 11.9 Å². The number of fused-ring (bicyclic) bond motifs is 2. The summed E-state index contributed by atoms with van der Waals surface area (Å²) in [5.74, 6) is -1.78. The molecule has 4 aromatic carbocycles. The SMILES string of the molecule is Cc1cc(N2CCCC2)ccc1-c1ccc2c(c1)CN[C@@H]2CCc1cnccc1C(=O)O.Cc1cc(N2CCCC2)ccc1-c1ccc2c(c1)CN[C@H]2CCc1cnccc1C(=O)O. The van der Waals surface area contributed by atoms with Crippen molar-refractivity contribution in [2.24, 2.45) is 0 Å². The quantitative estimate of drug-likeness (QED) is 0.0944. The number of hydrogen-bond acceptors (Lipinski definition) is 8. The Balaban J connectivity index is 0.000000162. The maximum Gasteiger partial charge on any atom is 0.336 e. The Morgan fingerprint density at radius 2 is 1.00 bits per heavy atom. The average Bonchev–Trinajstić information content (AvgIpc) is 4.16. The first-order valence-electron chi connectivity index (χ1n) is 23.0. The van der Waals surface area contributed by atoms with E-state index in [9.17, 15) is 19.8 Å². The predicted molar refractivity (Wildman–Crippen MR) is 254 cm³/mol. The summed E-state index contributed by atoms with van der Waals surface area (Å²) in [6.45, 7) is 10.8. The number of carbonyl (C=O) groups is 2. The van der Waals surface area contributed by atoms with Gasteiger partial charge in [-0.25, -0.2) is 9.59 Å². The molecule has 4 N–H and O–H groups in total. The zero-order valence-corrected chi connectivity index (χ0v) is 36.9. The van der Waals surface area contributed by atoms with Crippen molar-refractivity contribution >= 4 is 23.3 Å². The van der Waals surface area contributed by atoms with Crippen LogP contribution in [0.15, 0.2) is 110 Å². The Morgan fingerprint density at radius 1 is 0.578 bits per heavy atom. The number of nitrogens with one attached hydrogen (secondary N) is 2. The fourth-order valence-electron chi connectivity index (χ4n) is 10.3. The molecule has 0 aliphatic carbocycles. The molecule has 0 amide bonds. The first kappa shape index (κ1) is 42.9. The molecule has 0 saturated carbocycles. The minimum Gasteiger partial charge on any atom is -0.478 e. The molecular formula is C54H58N6O4. The third-order valence-electron chi connectivity index (χ3n) is 13.8. The van der Waals surface area contributed by atoms with Crippen LogP contribution in [0.25, 0.3) is 22.3 Å². The van der Waals surface area contributed by atoms with Crippen LogP contribution in [0.4, 0.5) is 11.4 Å². The Labute approximate surface area is 376 Å². The van der Waals surface area contributed by atoms with E-state index in [4.69, 9.17) is 0 Å². The van der Waals surface area contributed by atoms with Crippen LogP contribution in [-0.4, -0.2) is 58.3 Å². The Hall–Kier alpha value is -6.36. The summed E-state index contributed by atoms with van der Waals surface area (Å²) in [4.78, 5) is 36.1. The highest BCUT2D eigenvalue weighted by molar-refractivity contribution is 5.89. The molecular weight excluding hydrogens is 797 g/mol. The molecule has 6 aromatic rings. The second kappa shape index (κ2) is 19.2. The van der Waals surface area contributed by atoms with E-state index in [2.05, 4.69) is 117 Å². The van der Waals surface area contributed by atoms with E-state index in [0.29, 0.717) is 24.0 Å². The fourth-order valence-corrected chi connectivity index (χ4v) is 10.3. The van der Waals surface area contributed by atoms with Gasteiger partial charge in [0.05, 0.1) is 11.1 Å². The van der Waals surface area contributed by atoms with E-state index in [0.717, 1.165) is 63.2 Å². The molecule has 10 nitrogen and oxygen atoms in total. The van der Waals surface area contributed by atoms with Crippen LogP contribution < -0.4 is 20.4 Å². The summed E-state index contributed by atoms with van der Waals surface area (Å²) in [6, 6.07) is 30.9. The summed E-state index contributed by atoms with van der Waals surface area (Å²) in [5, 5.41) is 26.0. The van der Waals surface area contributed by atoms with E-state index in [1.54, 1.807) is 24.5 Å². The number of carboxylic acid groups (broad SMARTS) is 2. The van der Waals surface area contributed by atoms with Gasteiger partial charge in [-0.1, -0.05) is 36.4 Å². The van der Waals surface area contributed by atoms with Crippen LogP contribution in [0, 0.1) is 13.8 Å². The van der Waals surface area contributed by atoms with Gasteiger partial charge < -0.3 is 30.6 Å².